The van der Waals surface area contributed by atoms with Crippen molar-refractivity contribution in [1.82, 2.24) is 9.66 Å². The maximum absolute atomic E-state index is 10.2. The van der Waals surface area contributed by atoms with Crippen LogP contribution in [0.25, 0.3) is 0 Å². The van der Waals surface area contributed by atoms with Gasteiger partial charge in [-0.05, 0) is 6.92 Å². The normalized spacial score (nSPS) is 12.9. The molecule has 1 aromatic heterocycles. The van der Waals surface area contributed by atoms with E-state index >= 15 is 0 Å². The van der Waals surface area contributed by atoms with Crippen LogP contribution in [-0.4, -0.2) is 19.8 Å². The van der Waals surface area contributed by atoms with Crippen LogP contribution < -0.4 is 0 Å². The minimum Gasteiger partial charge on any atom is -0.385 e. The first kappa shape index (κ1) is 7.67. The maximum atomic E-state index is 10.2. The fourth-order valence-corrected chi connectivity index (χ4v) is 0.746. The first-order valence-electron chi connectivity index (χ1n) is 2.99. The highest BCUT2D eigenvalue weighted by atomic mass is 16.7. The number of aliphatic hydroxyl groups is 1. The Morgan fingerprint density at radius 2 is 2.55 bits per heavy atom. The Labute approximate surface area is 62.2 Å². The summed E-state index contributed by atoms with van der Waals surface area (Å²) in [5, 5.41) is 18.5. The van der Waals surface area contributed by atoms with E-state index in [4.69, 9.17) is 5.11 Å². The van der Waals surface area contributed by atoms with Gasteiger partial charge in [-0.1, -0.05) is 4.68 Å². The molecule has 0 radical (unpaired) electrons. The monoisotopic (exact) mass is 157 g/mol. The summed E-state index contributed by atoms with van der Waals surface area (Å²) in [6.07, 6.45) is 1.53. The van der Waals surface area contributed by atoms with Crippen molar-refractivity contribution >= 4 is 0 Å². The van der Waals surface area contributed by atoms with Gasteiger partial charge in [0.05, 0.1) is 12.4 Å². The lowest BCUT2D eigenvalue weighted by molar-refractivity contribution is -0.544. The van der Waals surface area contributed by atoms with Gasteiger partial charge in [0.15, 0.2) is 5.03 Å². The molecule has 0 bridgehead atoms. The van der Waals surface area contributed by atoms with E-state index in [9.17, 15) is 10.1 Å². The number of aliphatic hydroxyl groups excluding tert-OH is 1. The number of imidazole rings is 1. The summed E-state index contributed by atoms with van der Waals surface area (Å²) in [7, 11) is 0. The lowest BCUT2D eigenvalue weighted by Crippen LogP contribution is -2.13. The van der Waals surface area contributed by atoms with Crippen molar-refractivity contribution in [1.29, 1.82) is 0 Å². The summed E-state index contributed by atoms with van der Waals surface area (Å²) >= 11 is 0. The van der Waals surface area contributed by atoms with E-state index in [1.807, 2.05) is 0 Å². The van der Waals surface area contributed by atoms with Gasteiger partial charge in [-0.2, -0.15) is 0 Å². The van der Waals surface area contributed by atoms with Crippen molar-refractivity contribution in [2.45, 2.75) is 13.0 Å². The Bertz CT molecular complexity index is 268. The minimum atomic E-state index is -0.921. The lowest BCUT2D eigenvalue weighted by atomic mass is 10.4. The zero-order valence-corrected chi connectivity index (χ0v) is 5.84. The summed E-state index contributed by atoms with van der Waals surface area (Å²) in [4.78, 5) is 13.8. The standard InChI is InChI=1S/C5H7N3O3/c1-4(9)5-6-2-3-7(5)8(10)11/h2-4,9H,1H3. The highest BCUT2D eigenvalue weighted by molar-refractivity contribution is 4.91. The quantitative estimate of drug-likeness (QED) is 0.483. The molecule has 1 N–H and O–H groups in total. The summed E-state index contributed by atoms with van der Waals surface area (Å²) < 4.78 is 0.685. The molecule has 0 fully saturated rings. The number of aromatic nitrogens is 2. The fourth-order valence-electron chi connectivity index (χ4n) is 0.746. The topological polar surface area (TPSA) is 81.2 Å². The molecule has 0 aromatic carbocycles. The van der Waals surface area contributed by atoms with Crippen molar-refractivity contribution < 1.29 is 10.1 Å². The molecule has 11 heavy (non-hydrogen) atoms. The molecule has 0 aliphatic rings. The Morgan fingerprint density at radius 3 is 2.91 bits per heavy atom. The molecule has 0 saturated heterocycles. The zero-order chi connectivity index (χ0) is 8.43. The molecule has 0 saturated carbocycles. The Kier molecular flexibility index (Phi) is 1.86. The zero-order valence-electron chi connectivity index (χ0n) is 5.84. The smallest absolute Gasteiger partial charge is 0.204 e. The van der Waals surface area contributed by atoms with E-state index in [0.29, 0.717) is 4.68 Å². The molecule has 0 amide bonds. The SMILES string of the molecule is CC(O)c1nccn1[N+](=O)[O-]. The van der Waals surface area contributed by atoms with Gasteiger partial charge < -0.3 is 5.11 Å². The number of hydrogen-bond donors (Lipinski definition) is 1. The molecule has 6 nitrogen and oxygen atoms in total. The number of rotatable bonds is 2. The van der Waals surface area contributed by atoms with Crippen molar-refractivity contribution in [3.63, 3.8) is 0 Å². The number of hydrogen-bond acceptors (Lipinski definition) is 4. The number of nitrogens with zero attached hydrogens (tertiary/aromatic N) is 3. The Hall–Kier alpha value is -1.43. The fraction of sp³-hybridized carbons (Fsp3) is 0.400. The molecular formula is C5H7N3O3. The van der Waals surface area contributed by atoms with Gasteiger partial charge in [0, 0.05) is 0 Å². The third-order valence-corrected chi connectivity index (χ3v) is 1.20. The van der Waals surface area contributed by atoms with Gasteiger partial charge in [0.2, 0.25) is 5.82 Å². The van der Waals surface area contributed by atoms with Gasteiger partial charge in [-0.3, -0.25) is 0 Å². The summed E-state index contributed by atoms with van der Waals surface area (Å²) in [5.41, 5.74) is 0. The molecule has 1 rings (SSSR count). The van der Waals surface area contributed by atoms with Crippen molar-refractivity contribution in [3.05, 3.63) is 28.3 Å². The van der Waals surface area contributed by atoms with Gasteiger partial charge in [-0.15, -0.1) is 0 Å². The van der Waals surface area contributed by atoms with Crippen molar-refractivity contribution in [2.24, 2.45) is 0 Å². The molecule has 0 aliphatic heterocycles. The van der Waals surface area contributed by atoms with E-state index in [0.717, 1.165) is 0 Å². The van der Waals surface area contributed by atoms with E-state index in [-0.39, 0.29) is 5.82 Å². The second-order valence-electron chi connectivity index (χ2n) is 2.04. The Morgan fingerprint density at radius 1 is 1.91 bits per heavy atom. The average Bonchev–Trinajstić information content (AvgIpc) is 2.32. The molecular weight excluding hydrogens is 150 g/mol. The van der Waals surface area contributed by atoms with E-state index in [1.54, 1.807) is 0 Å². The summed E-state index contributed by atoms with van der Waals surface area (Å²) in [6.45, 7) is 1.42. The second-order valence-corrected chi connectivity index (χ2v) is 2.04. The third-order valence-electron chi connectivity index (χ3n) is 1.20. The minimum absolute atomic E-state index is 0.0370. The molecule has 1 aromatic rings. The summed E-state index contributed by atoms with van der Waals surface area (Å²) in [5.74, 6) is 0.0370. The first-order chi connectivity index (χ1) is 5.13. The van der Waals surface area contributed by atoms with Gasteiger partial charge in [-0.25, -0.2) is 15.1 Å². The van der Waals surface area contributed by atoms with E-state index in [1.165, 1.54) is 19.3 Å². The summed E-state index contributed by atoms with van der Waals surface area (Å²) in [6, 6.07) is 0. The average molecular weight is 157 g/mol. The van der Waals surface area contributed by atoms with Crippen LogP contribution in [0.5, 0.6) is 0 Å². The number of nitro groups is 1. The first-order valence-corrected chi connectivity index (χ1v) is 2.99. The van der Waals surface area contributed by atoms with Gasteiger partial charge >= 0.3 is 0 Å². The highest BCUT2D eigenvalue weighted by Crippen LogP contribution is 2.07. The van der Waals surface area contributed by atoms with Gasteiger partial charge in [0.1, 0.15) is 6.10 Å². The van der Waals surface area contributed by atoms with Crippen LogP contribution in [0.15, 0.2) is 12.4 Å². The largest absolute Gasteiger partial charge is 0.385 e. The van der Waals surface area contributed by atoms with E-state index < -0.39 is 11.1 Å². The highest BCUT2D eigenvalue weighted by Gasteiger charge is 2.14. The third kappa shape index (κ3) is 1.35. The van der Waals surface area contributed by atoms with E-state index in [2.05, 4.69) is 4.98 Å². The molecule has 6 heteroatoms. The van der Waals surface area contributed by atoms with Crippen molar-refractivity contribution in [2.75, 3.05) is 0 Å². The van der Waals surface area contributed by atoms with Crippen LogP contribution in [0, 0.1) is 10.1 Å². The Balaban J connectivity index is 3.06. The predicted octanol–water partition coefficient (Wildman–Crippen LogP) is -0.0238. The molecule has 0 spiro atoms. The van der Waals surface area contributed by atoms with Crippen LogP contribution in [0.1, 0.15) is 18.9 Å². The molecule has 1 heterocycles. The predicted molar refractivity (Wildman–Crippen MR) is 35.3 cm³/mol. The maximum Gasteiger partial charge on any atom is 0.204 e. The second kappa shape index (κ2) is 2.67. The van der Waals surface area contributed by atoms with Crippen LogP contribution >= 0.6 is 0 Å². The van der Waals surface area contributed by atoms with Crippen LogP contribution in [-0.2, 0) is 0 Å². The molecule has 1 unspecified atom stereocenters. The van der Waals surface area contributed by atoms with Crippen LogP contribution in [0.3, 0.4) is 0 Å². The van der Waals surface area contributed by atoms with Gasteiger partial charge in [0.25, 0.3) is 0 Å². The molecule has 60 valence electrons. The molecule has 1 atom stereocenters. The van der Waals surface area contributed by atoms with Crippen molar-refractivity contribution in [3.8, 4) is 0 Å². The molecule has 0 aliphatic carbocycles. The lowest BCUT2D eigenvalue weighted by Gasteiger charge is -1.99. The van der Waals surface area contributed by atoms with Crippen LogP contribution in [0.4, 0.5) is 0 Å². The van der Waals surface area contributed by atoms with Crippen LogP contribution in [0.2, 0.25) is 0 Å².